The molecule has 0 aromatic rings. The molecule has 0 bridgehead atoms. The third kappa shape index (κ3) is 4.30. The fraction of sp³-hybridized carbons (Fsp3) is 0.727. The number of aliphatic imine (C=N–C) groups is 1. The van der Waals surface area contributed by atoms with Crippen molar-refractivity contribution in [2.45, 2.75) is 45.1 Å². The Labute approximate surface area is 86.5 Å². The minimum Gasteiger partial charge on any atom is -0.370 e. The van der Waals surface area contributed by atoms with Crippen LogP contribution in [0.15, 0.2) is 17.1 Å². The smallest absolute Gasteiger partial charge is 0.188 e. The Morgan fingerprint density at radius 1 is 1.50 bits per heavy atom. The molecule has 0 amide bonds. The lowest BCUT2D eigenvalue weighted by molar-refractivity contribution is 0.625. The van der Waals surface area contributed by atoms with Gasteiger partial charge in [-0.1, -0.05) is 25.0 Å². The van der Waals surface area contributed by atoms with Gasteiger partial charge in [0, 0.05) is 12.6 Å². The van der Waals surface area contributed by atoms with Crippen LogP contribution in [0, 0.1) is 0 Å². The summed E-state index contributed by atoms with van der Waals surface area (Å²) >= 11 is 0. The molecule has 0 unspecified atom stereocenters. The summed E-state index contributed by atoms with van der Waals surface area (Å²) in [5.74, 6) is 0.612. The molecule has 1 rings (SSSR count). The van der Waals surface area contributed by atoms with Crippen LogP contribution in [0.3, 0.4) is 0 Å². The second-order valence-corrected chi connectivity index (χ2v) is 3.75. The quantitative estimate of drug-likeness (QED) is 0.311. The van der Waals surface area contributed by atoms with Gasteiger partial charge >= 0.3 is 0 Å². The molecule has 0 heterocycles. The molecule has 0 aromatic heterocycles. The van der Waals surface area contributed by atoms with E-state index in [9.17, 15) is 0 Å². The van der Waals surface area contributed by atoms with Gasteiger partial charge in [-0.25, -0.2) is 0 Å². The van der Waals surface area contributed by atoms with Crippen LogP contribution >= 0.6 is 0 Å². The van der Waals surface area contributed by atoms with Crippen molar-refractivity contribution in [1.82, 2.24) is 5.32 Å². The zero-order valence-electron chi connectivity index (χ0n) is 9.00. The molecule has 3 N–H and O–H groups in total. The van der Waals surface area contributed by atoms with E-state index in [1.165, 1.54) is 25.7 Å². The van der Waals surface area contributed by atoms with E-state index in [0.29, 0.717) is 12.0 Å². The lowest BCUT2D eigenvalue weighted by Crippen LogP contribution is -2.38. The molecule has 0 radical (unpaired) electrons. The van der Waals surface area contributed by atoms with E-state index in [1.807, 2.05) is 13.0 Å². The van der Waals surface area contributed by atoms with Crippen LogP contribution in [0.25, 0.3) is 0 Å². The Hall–Kier alpha value is -0.990. The maximum Gasteiger partial charge on any atom is 0.188 e. The average Bonchev–Trinajstić information content (AvgIpc) is 2.65. The van der Waals surface area contributed by atoms with E-state index < -0.39 is 0 Å². The number of nitrogens with two attached hydrogens (primary N) is 1. The summed E-state index contributed by atoms with van der Waals surface area (Å²) in [7, 11) is 0. The van der Waals surface area contributed by atoms with Gasteiger partial charge in [0.15, 0.2) is 5.96 Å². The summed E-state index contributed by atoms with van der Waals surface area (Å²) in [5, 5.41) is 3.26. The lowest BCUT2D eigenvalue weighted by atomic mass is 10.2. The Kier molecular flexibility index (Phi) is 5.12. The summed E-state index contributed by atoms with van der Waals surface area (Å²) in [5.41, 5.74) is 5.75. The first-order valence-corrected chi connectivity index (χ1v) is 5.50. The molecule has 80 valence electrons. The van der Waals surface area contributed by atoms with Gasteiger partial charge in [0.2, 0.25) is 0 Å². The van der Waals surface area contributed by atoms with Gasteiger partial charge in [0.1, 0.15) is 0 Å². The highest BCUT2D eigenvalue weighted by Gasteiger charge is 2.14. The maximum atomic E-state index is 5.75. The van der Waals surface area contributed by atoms with Crippen LogP contribution in [0.2, 0.25) is 0 Å². The van der Waals surface area contributed by atoms with Crippen molar-refractivity contribution in [3.05, 3.63) is 12.2 Å². The highest BCUT2D eigenvalue weighted by Crippen LogP contribution is 2.17. The van der Waals surface area contributed by atoms with E-state index in [4.69, 9.17) is 5.73 Å². The Morgan fingerprint density at radius 2 is 2.21 bits per heavy atom. The van der Waals surface area contributed by atoms with Crippen LogP contribution in [-0.4, -0.2) is 18.5 Å². The number of hydrogen-bond acceptors (Lipinski definition) is 1. The van der Waals surface area contributed by atoms with Crippen molar-refractivity contribution in [3.8, 4) is 0 Å². The normalized spacial score (nSPS) is 19.4. The zero-order chi connectivity index (χ0) is 10.2. The predicted molar refractivity (Wildman–Crippen MR) is 61.3 cm³/mol. The first-order valence-electron chi connectivity index (χ1n) is 5.50. The molecular weight excluding hydrogens is 174 g/mol. The molecule has 3 heteroatoms. The summed E-state index contributed by atoms with van der Waals surface area (Å²) < 4.78 is 0. The average molecular weight is 195 g/mol. The van der Waals surface area contributed by atoms with E-state index in [0.717, 1.165) is 13.0 Å². The van der Waals surface area contributed by atoms with Gasteiger partial charge in [0.05, 0.1) is 0 Å². The van der Waals surface area contributed by atoms with E-state index in [1.54, 1.807) is 0 Å². The monoisotopic (exact) mass is 195 g/mol. The molecule has 1 aliphatic carbocycles. The van der Waals surface area contributed by atoms with Crippen molar-refractivity contribution in [2.24, 2.45) is 10.7 Å². The summed E-state index contributed by atoms with van der Waals surface area (Å²) in [6, 6.07) is 0.570. The Balaban J connectivity index is 2.15. The predicted octanol–water partition coefficient (Wildman–Crippen LogP) is 1.80. The van der Waals surface area contributed by atoms with E-state index in [2.05, 4.69) is 16.4 Å². The van der Waals surface area contributed by atoms with Crippen molar-refractivity contribution < 1.29 is 0 Å². The largest absolute Gasteiger partial charge is 0.370 e. The van der Waals surface area contributed by atoms with E-state index >= 15 is 0 Å². The summed E-state index contributed by atoms with van der Waals surface area (Å²) in [4.78, 5) is 4.26. The number of nitrogens with zero attached hydrogens (tertiary/aromatic N) is 1. The molecule has 0 saturated heterocycles. The van der Waals surface area contributed by atoms with Crippen molar-refractivity contribution in [2.75, 3.05) is 6.54 Å². The van der Waals surface area contributed by atoms with Crippen LogP contribution < -0.4 is 11.1 Å². The van der Waals surface area contributed by atoms with Gasteiger partial charge in [0.25, 0.3) is 0 Å². The second-order valence-electron chi connectivity index (χ2n) is 3.75. The molecule has 0 aromatic carbocycles. The van der Waals surface area contributed by atoms with Crippen LogP contribution in [-0.2, 0) is 0 Å². The number of rotatable bonds is 4. The molecular formula is C11H21N3. The van der Waals surface area contributed by atoms with Crippen molar-refractivity contribution in [3.63, 3.8) is 0 Å². The molecule has 14 heavy (non-hydrogen) atoms. The van der Waals surface area contributed by atoms with Gasteiger partial charge in [-0.05, 0) is 26.2 Å². The third-order valence-corrected chi connectivity index (χ3v) is 2.52. The SMILES string of the molecule is C/C=C/CCN=C(N)NC1CCCC1. The highest BCUT2D eigenvalue weighted by molar-refractivity contribution is 5.78. The van der Waals surface area contributed by atoms with Gasteiger partial charge in [-0.15, -0.1) is 0 Å². The molecule has 1 saturated carbocycles. The van der Waals surface area contributed by atoms with Crippen LogP contribution in [0.5, 0.6) is 0 Å². The maximum absolute atomic E-state index is 5.75. The van der Waals surface area contributed by atoms with Crippen molar-refractivity contribution in [1.29, 1.82) is 0 Å². The zero-order valence-corrected chi connectivity index (χ0v) is 9.00. The Morgan fingerprint density at radius 3 is 2.86 bits per heavy atom. The molecule has 1 aliphatic rings. The number of guanidine groups is 1. The van der Waals surface area contributed by atoms with Crippen molar-refractivity contribution >= 4 is 5.96 Å². The number of nitrogens with one attached hydrogen (secondary N) is 1. The first-order chi connectivity index (χ1) is 6.83. The van der Waals surface area contributed by atoms with Gasteiger partial charge < -0.3 is 11.1 Å². The van der Waals surface area contributed by atoms with Gasteiger partial charge in [-0.3, -0.25) is 4.99 Å². The van der Waals surface area contributed by atoms with Gasteiger partial charge in [-0.2, -0.15) is 0 Å². The lowest BCUT2D eigenvalue weighted by Gasteiger charge is -2.11. The summed E-state index contributed by atoms with van der Waals surface area (Å²) in [6.07, 6.45) is 10.2. The molecule has 1 fully saturated rings. The first kappa shape index (κ1) is 11.1. The highest BCUT2D eigenvalue weighted by atomic mass is 15.1. The summed E-state index contributed by atoms with van der Waals surface area (Å²) in [6.45, 7) is 2.81. The van der Waals surface area contributed by atoms with Crippen LogP contribution in [0.4, 0.5) is 0 Å². The molecule has 0 spiro atoms. The van der Waals surface area contributed by atoms with E-state index in [-0.39, 0.29) is 0 Å². The fourth-order valence-corrected chi connectivity index (χ4v) is 1.75. The molecule has 0 aliphatic heterocycles. The number of hydrogen-bond donors (Lipinski definition) is 2. The third-order valence-electron chi connectivity index (χ3n) is 2.52. The Bertz CT molecular complexity index is 203. The minimum atomic E-state index is 0.570. The molecule has 3 nitrogen and oxygen atoms in total. The topological polar surface area (TPSA) is 50.4 Å². The minimum absolute atomic E-state index is 0.570. The standard InChI is InChI=1S/C11H21N3/c1-2-3-6-9-13-11(12)14-10-7-4-5-8-10/h2-3,10H,4-9H2,1H3,(H3,12,13,14)/b3-2+. The number of allylic oxidation sites excluding steroid dienone is 1. The second kappa shape index (κ2) is 6.46. The fourth-order valence-electron chi connectivity index (χ4n) is 1.75. The molecule has 0 atom stereocenters. The van der Waals surface area contributed by atoms with Crippen LogP contribution in [0.1, 0.15) is 39.0 Å².